The van der Waals surface area contributed by atoms with E-state index < -0.39 is 0 Å². The Kier molecular flexibility index (Phi) is 4.91. The number of nitrogens with zero attached hydrogens (tertiary/aromatic N) is 1. The Hall–Kier alpha value is -1.52. The van der Waals surface area contributed by atoms with Gasteiger partial charge in [-0.25, -0.2) is 0 Å². The van der Waals surface area contributed by atoms with Crippen molar-refractivity contribution < 1.29 is 8.83 Å². The zero-order valence-electron chi connectivity index (χ0n) is 13.7. The van der Waals surface area contributed by atoms with E-state index in [1.54, 1.807) is 0 Å². The molecule has 0 atom stereocenters. The molecule has 0 radical (unpaired) electrons. The van der Waals surface area contributed by atoms with Crippen molar-refractivity contribution in [2.45, 2.75) is 52.9 Å². The maximum Gasteiger partial charge on any atom is 0.118 e. The van der Waals surface area contributed by atoms with Crippen molar-refractivity contribution >= 4 is 0 Å². The van der Waals surface area contributed by atoms with Gasteiger partial charge in [0.15, 0.2) is 0 Å². The second-order valence-electron chi connectivity index (χ2n) is 6.66. The predicted octanol–water partition coefficient (Wildman–Crippen LogP) is 3.70. The Morgan fingerprint density at radius 2 is 1.52 bits per heavy atom. The van der Waals surface area contributed by atoms with Crippen LogP contribution >= 0.6 is 0 Å². The normalized spacial score (nSPS) is 12.3. The first-order valence-electron chi connectivity index (χ1n) is 7.38. The highest BCUT2D eigenvalue weighted by atomic mass is 16.3. The molecule has 2 aromatic rings. The fourth-order valence-electron chi connectivity index (χ4n) is 2.11. The highest BCUT2D eigenvalue weighted by Crippen LogP contribution is 2.14. The monoisotopic (exact) mass is 290 g/mol. The molecule has 0 spiro atoms. The summed E-state index contributed by atoms with van der Waals surface area (Å²) in [5, 5.41) is 3.43. The molecule has 4 nitrogen and oxygen atoms in total. The summed E-state index contributed by atoms with van der Waals surface area (Å²) in [6, 6.07) is 8.10. The molecule has 2 heterocycles. The molecule has 0 saturated carbocycles. The fourth-order valence-corrected chi connectivity index (χ4v) is 2.11. The van der Waals surface area contributed by atoms with Gasteiger partial charge in [-0.15, -0.1) is 0 Å². The van der Waals surface area contributed by atoms with Gasteiger partial charge in [-0.1, -0.05) is 0 Å². The molecule has 0 amide bonds. The maximum atomic E-state index is 5.86. The third kappa shape index (κ3) is 5.40. The van der Waals surface area contributed by atoms with E-state index in [0.717, 1.165) is 42.7 Å². The first kappa shape index (κ1) is 15.9. The molecule has 2 rings (SSSR count). The van der Waals surface area contributed by atoms with E-state index in [4.69, 9.17) is 8.83 Å². The van der Waals surface area contributed by atoms with Crippen LogP contribution < -0.4 is 5.32 Å². The average molecular weight is 290 g/mol. The van der Waals surface area contributed by atoms with E-state index in [-0.39, 0.29) is 5.54 Å². The van der Waals surface area contributed by atoms with E-state index in [0.29, 0.717) is 0 Å². The first-order chi connectivity index (χ1) is 9.82. The summed E-state index contributed by atoms with van der Waals surface area (Å²) in [6.07, 6.45) is 0. The molecule has 0 fully saturated rings. The standard InChI is InChI=1S/C17H26N2O2/c1-13-6-7-15(20-13)11-19(5)12-16-9-8-14(21-16)10-18-17(2,3)4/h6-9,18H,10-12H2,1-5H3. The molecule has 0 aromatic carbocycles. The summed E-state index contributed by atoms with van der Waals surface area (Å²) in [5.41, 5.74) is 0.0981. The van der Waals surface area contributed by atoms with Crippen LogP contribution in [0.25, 0.3) is 0 Å². The lowest BCUT2D eigenvalue weighted by atomic mass is 10.1. The largest absolute Gasteiger partial charge is 0.465 e. The minimum atomic E-state index is 0.0981. The third-order valence-corrected chi connectivity index (χ3v) is 3.16. The topological polar surface area (TPSA) is 41.5 Å². The number of hydrogen-bond acceptors (Lipinski definition) is 4. The molecule has 2 aromatic heterocycles. The summed E-state index contributed by atoms with van der Waals surface area (Å²) < 4.78 is 11.4. The smallest absolute Gasteiger partial charge is 0.118 e. The van der Waals surface area contributed by atoms with Crippen LogP contribution in [0, 0.1) is 6.92 Å². The summed E-state index contributed by atoms with van der Waals surface area (Å²) in [6.45, 7) is 10.7. The molecule has 0 unspecified atom stereocenters. The van der Waals surface area contributed by atoms with Crippen LogP contribution in [0.1, 0.15) is 43.8 Å². The van der Waals surface area contributed by atoms with Gasteiger partial charge in [0.2, 0.25) is 0 Å². The zero-order valence-corrected chi connectivity index (χ0v) is 13.7. The Bertz CT molecular complexity index is 563. The molecule has 1 N–H and O–H groups in total. The SMILES string of the molecule is Cc1ccc(CN(C)Cc2ccc(CNC(C)(C)C)o2)o1. The lowest BCUT2D eigenvalue weighted by Gasteiger charge is -2.19. The molecular weight excluding hydrogens is 264 g/mol. The minimum Gasteiger partial charge on any atom is -0.465 e. The molecule has 0 aliphatic heterocycles. The number of hydrogen-bond donors (Lipinski definition) is 1. The molecule has 0 aliphatic carbocycles. The van der Waals surface area contributed by atoms with E-state index >= 15 is 0 Å². The predicted molar refractivity (Wildman–Crippen MR) is 83.9 cm³/mol. The Labute approximate surface area is 127 Å². The number of furan rings is 2. The van der Waals surface area contributed by atoms with Crippen LogP contribution in [0.2, 0.25) is 0 Å². The summed E-state index contributed by atoms with van der Waals surface area (Å²) in [4.78, 5) is 2.18. The van der Waals surface area contributed by atoms with Gasteiger partial charge in [0.1, 0.15) is 23.0 Å². The number of nitrogens with one attached hydrogen (secondary N) is 1. The first-order valence-corrected chi connectivity index (χ1v) is 7.38. The van der Waals surface area contributed by atoms with Crippen LogP contribution in [-0.4, -0.2) is 17.5 Å². The van der Waals surface area contributed by atoms with Crippen molar-refractivity contribution in [3.05, 3.63) is 47.3 Å². The highest BCUT2D eigenvalue weighted by Gasteiger charge is 2.11. The average Bonchev–Trinajstić information content (AvgIpc) is 2.95. The quantitative estimate of drug-likeness (QED) is 0.880. The summed E-state index contributed by atoms with van der Waals surface area (Å²) >= 11 is 0. The third-order valence-electron chi connectivity index (χ3n) is 3.16. The van der Waals surface area contributed by atoms with Crippen molar-refractivity contribution in [3.63, 3.8) is 0 Å². The molecule has 0 aliphatic rings. The Morgan fingerprint density at radius 1 is 0.952 bits per heavy atom. The lowest BCUT2D eigenvalue weighted by Crippen LogP contribution is -2.34. The molecule has 0 saturated heterocycles. The van der Waals surface area contributed by atoms with Crippen LogP contribution in [0.15, 0.2) is 33.1 Å². The molecule has 21 heavy (non-hydrogen) atoms. The molecular formula is C17H26N2O2. The Balaban J connectivity index is 1.84. The van der Waals surface area contributed by atoms with E-state index in [1.807, 2.05) is 31.2 Å². The molecule has 0 bridgehead atoms. The van der Waals surface area contributed by atoms with E-state index in [1.165, 1.54) is 0 Å². The van der Waals surface area contributed by atoms with E-state index in [9.17, 15) is 0 Å². The van der Waals surface area contributed by atoms with Gasteiger partial charge in [0.05, 0.1) is 19.6 Å². The van der Waals surface area contributed by atoms with Crippen molar-refractivity contribution in [2.24, 2.45) is 0 Å². The second kappa shape index (κ2) is 6.50. The molecule has 4 heteroatoms. The summed E-state index contributed by atoms with van der Waals surface area (Å²) in [5.74, 6) is 3.89. The zero-order chi connectivity index (χ0) is 15.5. The fraction of sp³-hybridized carbons (Fsp3) is 0.529. The van der Waals surface area contributed by atoms with Gasteiger partial charge in [-0.2, -0.15) is 0 Å². The van der Waals surface area contributed by atoms with Crippen molar-refractivity contribution in [1.82, 2.24) is 10.2 Å². The van der Waals surface area contributed by atoms with Gasteiger partial charge >= 0.3 is 0 Å². The molecule has 116 valence electrons. The van der Waals surface area contributed by atoms with Crippen LogP contribution in [-0.2, 0) is 19.6 Å². The second-order valence-corrected chi connectivity index (χ2v) is 6.66. The highest BCUT2D eigenvalue weighted by molar-refractivity contribution is 5.08. The van der Waals surface area contributed by atoms with Crippen molar-refractivity contribution in [1.29, 1.82) is 0 Å². The van der Waals surface area contributed by atoms with Gasteiger partial charge in [-0.3, -0.25) is 4.90 Å². The number of aryl methyl sites for hydroxylation is 1. The lowest BCUT2D eigenvalue weighted by molar-refractivity contribution is 0.258. The van der Waals surface area contributed by atoms with Gasteiger partial charge < -0.3 is 14.2 Å². The maximum absolute atomic E-state index is 5.86. The minimum absolute atomic E-state index is 0.0981. The Morgan fingerprint density at radius 3 is 2.10 bits per heavy atom. The van der Waals surface area contributed by atoms with Crippen LogP contribution in [0.3, 0.4) is 0 Å². The van der Waals surface area contributed by atoms with Gasteiger partial charge in [-0.05, 0) is 59.0 Å². The van der Waals surface area contributed by atoms with Crippen molar-refractivity contribution in [2.75, 3.05) is 7.05 Å². The van der Waals surface area contributed by atoms with Crippen LogP contribution in [0.5, 0.6) is 0 Å². The van der Waals surface area contributed by atoms with E-state index in [2.05, 4.69) is 38.0 Å². The van der Waals surface area contributed by atoms with Gasteiger partial charge in [0.25, 0.3) is 0 Å². The summed E-state index contributed by atoms with van der Waals surface area (Å²) in [7, 11) is 2.06. The van der Waals surface area contributed by atoms with Crippen molar-refractivity contribution in [3.8, 4) is 0 Å². The van der Waals surface area contributed by atoms with Crippen LogP contribution in [0.4, 0.5) is 0 Å². The number of rotatable bonds is 6. The van der Waals surface area contributed by atoms with Gasteiger partial charge in [0, 0.05) is 5.54 Å².